The first-order valence-electron chi connectivity index (χ1n) is 7.82. The molecule has 1 atom stereocenters. The van der Waals surface area contributed by atoms with Gasteiger partial charge in [-0.3, -0.25) is 9.69 Å². The molecule has 0 spiro atoms. The fourth-order valence-corrected chi connectivity index (χ4v) is 2.64. The molecule has 26 heavy (non-hydrogen) atoms. The van der Waals surface area contributed by atoms with Crippen LogP contribution in [-0.4, -0.2) is 38.2 Å². The average Bonchev–Trinajstić information content (AvgIpc) is 3.12. The predicted molar refractivity (Wildman–Crippen MR) is 89.1 cm³/mol. The lowest BCUT2D eigenvalue weighted by atomic mass is 10.1. The number of carbonyl (C=O) groups excluding carboxylic acids is 3. The molecule has 3 rings (SSSR count). The predicted octanol–water partition coefficient (Wildman–Crippen LogP) is 2.17. The van der Waals surface area contributed by atoms with Crippen LogP contribution in [0.15, 0.2) is 34.7 Å². The van der Waals surface area contributed by atoms with Gasteiger partial charge in [-0.05, 0) is 37.3 Å². The number of benzene rings is 1. The van der Waals surface area contributed by atoms with Crippen LogP contribution in [0.1, 0.15) is 33.6 Å². The number of nitrogens with zero attached hydrogens (tertiary/aromatic N) is 1. The van der Waals surface area contributed by atoms with Gasteiger partial charge >= 0.3 is 11.9 Å². The standard InChI is InChI=1S/C18H17NO7/c1-10-16(20)19(9-12-5-7-15(26-12)18(22)24-3)13-8-11(17(21)23-2)4-6-14(13)25-10/h4-8,10H,9H2,1-3H3. The fourth-order valence-electron chi connectivity index (χ4n) is 2.64. The van der Waals surface area contributed by atoms with Crippen molar-refractivity contribution in [3.8, 4) is 5.75 Å². The molecule has 2 aromatic rings. The van der Waals surface area contributed by atoms with Crippen LogP contribution in [0.3, 0.4) is 0 Å². The Morgan fingerprint density at radius 2 is 1.85 bits per heavy atom. The number of anilines is 1. The summed E-state index contributed by atoms with van der Waals surface area (Å²) in [5.41, 5.74) is 0.712. The molecule has 1 aromatic carbocycles. The summed E-state index contributed by atoms with van der Waals surface area (Å²) in [5, 5.41) is 0. The molecule has 0 saturated heterocycles. The molecule has 0 radical (unpaired) electrons. The van der Waals surface area contributed by atoms with E-state index in [0.29, 0.717) is 17.2 Å². The minimum atomic E-state index is -0.693. The molecule has 1 aliphatic rings. The molecule has 0 fully saturated rings. The van der Waals surface area contributed by atoms with E-state index in [4.69, 9.17) is 13.9 Å². The second-order valence-corrected chi connectivity index (χ2v) is 5.62. The lowest BCUT2D eigenvalue weighted by Gasteiger charge is -2.32. The van der Waals surface area contributed by atoms with Crippen molar-refractivity contribution in [2.24, 2.45) is 0 Å². The lowest BCUT2D eigenvalue weighted by molar-refractivity contribution is -0.125. The average molecular weight is 359 g/mol. The topological polar surface area (TPSA) is 95.3 Å². The molecule has 8 nitrogen and oxygen atoms in total. The van der Waals surface area contributed by atoms with Gasteiger partial charge in [0.05, 0.1) is 32.0 Å². The van der Waals surface area contributed by atoms with Gasteiger partial charge in [-0.1, -0.05) is 0 Å². The quantitative estimate of drug-likeness (QED) is 0.772. The first-order valence-corrected chi connectivity index (χ1v) is 7.82. The Morgan fingerprint density at radius 3 is 2.54 bits per heavy atom. The Morgan fingerprint density at radius 1 is 1.12 bits per heavy atom. The summed E-state index contributed by atoms with van der Waals surface area (Å²) in [6, 6.07) is 7.76. The van der Waals surface area contributed by atoms with Crippen LogP contribution in [-0.2, 0) is 20.8 Å². The minimum Gasteiger partial charge on any atom is -0.479 e. The first kappa shape index (κ1) is 17.5. The van der Waals surface area contributed by atoms with Gasteiger partial charge in [-0.2, -0.15) is 0 Å². The van der Waals surface area contributed by atoms with Crippen molar-refractivity contribution in [3.05, 3.63) is 47.4 Å². The number of furan rings is 1. The summed E-state index contributed by atoms with van der Waals surface area (Å²) < 4.78 is 20.4. The second kappa shape index (κ2) is 6.91. The molecule has 1 aliphatic heterocycles. The maximum Gasteiger partial charge on any atom is 0.373 e. The fraction of sp³-hybridized carbons (Fsp3) is 0.278. The summed E-state index contributed by atoms with van der Waals surface area (Å²) in [4.78, 5) is 37.3. The van der Waals surface area contributed by atoms with Gasteiger partial charge in [-0.15, -0.1) is 0 Å². The van der Waals surface area contributed by atoms with Crippen molar-refractivity contribution in [3.63, 3.8) is 0 Å². The number of esters is 2. The molecule has 1 aromatic heterocycles. The molecule has 0 N–H and O–H groups in total. The number of hydrogen-bond acceptors (Lipinski definition) is 7. The smallest absolute Gasteiger partial charge is 0.373 e. The van der Waals surface area contributed by atoms with Gasteiger partial charge < -0.3 is 18.6 Å². The lowest BCUT2D eigenvalue weighted by Crippen LogP contribution is -2.44. The molecule has 8 heteroatoms. The van der Waals surface area contributed by atoms with Crippen LogP contribution in [0.4, 0.5) is 5.69 Å². The molecular formula is C18H17NO7. The van der Waals surface area contributed by atoms with Crippen LogP contribution in [0.2, 0.25) is 0 Å². The number of amides is 1. The van der Waals surface area contributed by atoms with Crippen LogP contribution in [0.25, 0.3) is 0 Å². The van der Waals surface area contributed by atoms with E-state index >= 15 is 0 Å². The number of rotatable bonds is 4. The third-order valence-corrected chi connectivity index (χ3v) is 3.95. The zero-order valence-corrected chi connectivity index (χ0v) is 14.5. The Labute approximate surface area is 149 Å². The Kier molecular flexibility index (Phi) is 4.66. The first-order chi connectivity index (χ1) is 12.4. The molecule has 1 unspecified atom stereocenters. The molecule has 2 heterocycles. The van der Waals surface area contributed by atoms with Crippen LogP contribution in [0, 0.1) is 0 Å². The van der Waals surface area contributed by atoms with E-state index in [2.05, 4.69) is 4.74 Å². The van der Waals surface area contributed by atoms with Crippen molar-refractivity contribution in [1.29, 1.82) is 0 Å². The molecule has 0 bridgehead atoms. The molecule has 0 aliphatic carbocycles. The van der Waals surface area contributed by atoms with Crippen molar-refractivity contribution < 1.29 is 33.0 Å². The summed E-state index contributed by atoms with van der Waals surface area (Å²) in [6.07, 6.45) is -0.693. The highest BCUT2D eigenvalue weighted by Gasteiger charge is 2.33. The maximum absolute atomic E-state index is 12.6. The van der Waals surface area contributed by atoms with Crippen LogP contribution < -0.4 is 9.64 Å². The third kappa shape index (κ3) is 3.13. The maximum atomic E-state index is 12.6. The number of methoxy groups -OCH3 is 2. The highest BCUT2D eigenvalue weighted by molar-refractivity contribution is 6.01. The van der Waals surface area contributed by atoms with Crippen molar-refractivity contribution in [2.45, 2.75) is 19.6 Å². The highest BCUT2D eigenvalue weighted by Crippen LogP contribution is 2.36. The summed E-state index contributed by atoms with van der Waals surface area (Å²) in [6.45, 7) is 1.70. The van der Waals surface area contributed by atoms with Crippen LogP contribution >= 0.6 is 0 Å². The Hall–Kier alpha value is -3.29. The van der Waals surface area contributed by atoms with Gasteiger partial charge in [0.2, 0.25) is 5.76 Å². The normalized spacial score (nSPS) is 15.9. The van der Waals surface area contributed by atoms with E-state index in [9.17, 15) is 14.4 Å². The van der Waals surface area contributed by atoms with E-state index < -0.39 is 18.0 Å². The van der Waals surface area contributed by atoms with Crippen LogP contribution in [0.5, 0.6) is 5.75 Å². The van der Waals surface area contributed by atoms with Gasteiger partial charge in [0.15, 0.2) is 6.10 Å². The highest BCUT2D eigenvalue weighted by atomic mass is 16.5. The van der Waals surface area contributed by atoms with Gasteiger partial charge in [0.25, 0.3) is 5.91 Å². The van der Waals surface area contributed by atoms with E-state index in [1.807, 2.05) is 0 Å². The summed E-state index contributed by atoms with van der Waals surface area (Å²) in [7, 11) is 2.53. The van der Waals surface area contributed by atoms with Crippen molar-refractivity contribution >= 4 is 23.5 Å². The Bertz CT molecular complexity index is 870. The molecular weight excluding hydrogens is 342 g/mol. The van der Waals surface area contributed by atoms with E-state index in [0.717, 1.165) is 0 Å². The van der Waals surface area contributed by atoms with E-state index in [1.54, 1.807) is 25.1 Å². The van der Waals surface area contributed by atoms with Crippen molar-refractivity contribution in [1.82, 2.24) is 0 Å². The number of fused-ring (bicyclic) bond motifs is 1. The molecule has 1 amide bonds. The minimum absolute atomic E-state index is 0.0415. The molecule has 0 saturated carbocycles. The summed E-state index contributed by atoms with van der Waals surface area (Å²) >= 11 is 0. The monoisotopic (exact) mass is 359 g/mol. The number of hydrogen-bond donors (Lipinski definition) is 0. The largest absolute Gasteiger partial charge is 0.479 e. The molecule has 136 valence electrons. The second-order valence-electron chi connectivity index (χ2n) is 5.62. The zero-order chi connectivity index (χ0) is 18.8. The summed E-state index contributed by atoms with van der Waals surface area (Å²) in [5.74, 6) is -0.529. The zero-order valence-electron chi connectivity index (χ0n) is 14.5. The van der Waals surface area contributed by atoms with Gasteiger partial charge in [0.1, 0.15) is 11.5 Å². The SMILES string of the molecule is COC(=O)c1ccc2c(c1)N(Cc1ccc(C(=O)OC)o1)C(=O)C(C)O2. The van der Waals surface area contributed by atoms with E-state index in [1.165, 1.54) is 31.3 Å². The Balaban J connectivity index is 1.95. The third-order valence-electron chi connectivity index (χ3n) is 3.95. The van der Waals surface area contributed by atoms with Gasteiger partial charge in [0, 0.05) is 0 Å². The van der Waals surface area contributed by atoms with E-state index in [-0.39, 0.29) is 23.8 Å². The number of carbonyl (C=O) groups is 3. The van der Waals surface area contributed by atoms with Crippen molar-refractivity contribution in [2.75, 3.05) is 19.1 Å². The number of ether oxygens (including phenoxy) is 3. The van der Waals surface area contributed by atoms with Gasteiger partial charge in [-0.25, -0.2) is 9.59 Å².